The number of aryl methyl sites for hydroxylation is 1. The molecule has 2 nitrogen and oxygen atoms in total. The van der Waals surface area contributed by atoms with Gasteiger partial charge in [-0.3, -0.25) is 0 Å². The molecule has 1 aromatic carbocycles. The second kappa shape index (κ2) is 6.90. The largest absolute Gasteiger partial charge is 0.491 e. The molecule has 0 unspecified atom stereocenters. The third-order valence-electron chi connectivity index (χ3n) is 3.85. The summed E-state index contributed by atoms with van der Waals surface area (Å²) in [5.41, 5.74) is 1.65. The fraction of sp³-hybridized carbons (Fsp3) is 0.625. The maximum Gasteiger partial charge on any atom is 0.129 e. The maximum absolute atomic E-state index is 13.5. The molecule has 0 atom stereocenters. The Labute approximate surface area is 114 Å². The summed E-state index contributed by atoms with van der Waals surface area (Å²) < 4.78 is 24.8. The van der Waals surface area contributed by atoms with Crippen LogP contribution in [-0.4, -0.2) is 19.8 Å². The highest BCUT2D eigenvalue weighted by atomic mass is 19.1. The Balaban J connectivity index is 1.79. The van der Waals surface area contributed by atoms with Crippen LogP contribution < -0.4 is 4.74 Å². The molecule has 1 saturated carbocycles. The minimum absolute atomic E-state index is 0.206. The number of benzene rings is 1. The third-order valence-corrected chi connectivity index (χ3v) is 3.85. The Bertz CT molecular complexity index is 413. The van der Waals surface area contributed by atoms with Crippen LogP contribution in [0.3, 0.4) is 0 Å². The van der Waals surface area contributed by atoms with Gasteiger partial charge in [-0.25, -0.2) is 4.39 Å². The Morgan fingerprint density at radius 1 is 1.26 bits per heavy atom. The first-order valence-corrected chi connectivity index (χ1v) is 7.21. The molecular weight excluding hydrogens is 243 g/mol. The molecule has 106 valence electrons. The monoisotopic (exact) mass is 266 g/mol. The van der Waals surface area contributed by atoms with Crippen molar-refractivity contribution in [1.82, 2.24) is 0 Å². The summed E-state index contributed by atoms with van der Waals surface area (Å²) in [5.74, 6) is 1.24. The Hall–Kier alpha value is -1.09. The van der Waals surface area contributed by atoms with Gasteiger partial charge in [-0.05, 0) is 43.7 Å². The molecule has 0 amide bonds. The smallest absolute Gasteiger partial charge is 0.129 e. The van der Waals surface area contributed by atoms with Gasteiger partial charge in [0, 0.05) is 12.2 Å². The third kappa shape index (κ3) is 3.69. The number of halogens is 1. The predicted octanol–water partition coefficient (Wildman–Crippen LogP) is 3.89. The summed E-state index contributed by atoms with van der Waals surface area (Å²) in [6.07, 6.45) is 4.78. The molecule has 0 N–H and O–H groups in total. The van der Waals surface area contributed by atoms with E-state index in [0.717, 1.165) is 24.5 Å². The second-order valence-corrected chi connectivity index (χ2v) is 5.23. The number of ether oxygens (including phenoxy) is 2. The van der Waals surface area contributed by atoms with Crippen LogP contribution in [0, 0.1) is 18.7 Å². The van der Waals surface area contributed by atoms with Crippen LogP contribution in [0.1, 0.15) is 37.3 Å². The van der Waals surface area contributed by atoms with Crippen LogP contribution in [0.2, 0.25) is 0 Å². The number of hydrogen-bond donors (Lipinski definition) is 0. The molecule has 1 fully saturated rings. The molecule has 1 aliphatic rings. The van der Waals surface area contributed by atoms with Crippen molar-refractivity contribution in [3.63, 3.8) is 0 Å². The number of hydrogen-bond acceptors (Lipinski definition) is 2. The fourth-order valence-corrected chi connectivity index (χ4v) is 2.32. The summed E-state index contributed by atoms with van der Waals surface area (Å²) in [6, 6.07) is 3.31. The quantitative estimate of drug-likeness (QED) is 0.697. The van der Waals surface area contributed by atoms with Crippen LogP contribution in [0.15, 0.2) is 12.1 Å². The van der Waals surface area contributed by atoms with Crippen molar-refractivity contribution in [2.75, 3.05) is 19.8 Å². The van der Waals surface area contributed by atoms with Crippen molar-refractivity contribution < 1.29 is 13.9 Å². The van der Waals surface area contributed by atoms with Gasteiger partial charge in [0.2, 0.25) is 0 Å². The minimum Gasteiger partial charge on any atom is -0.491 e. The average molecular weight is 266 g/mol. The number of rotatable bonds is 7. The first-order valence-electron chi connectivity index (χ1n) is 7.21. The molecule has 0 bridgehead atoms. The van der Waals surface area contributed by atoms with E-state index in [1.165, 1.54) is 25.3 Å². The highest BCUT2D eigenvalue weighted by molar-refractivity contribution is 5.41. The normalized spacial score (nSPS) is 15.3. The molecule has 19 heavy (non-hydrogen) atoms. The van der Waals surface area contributed by atoms with Crippen LogP contribution in [0.4, 0.5) is 4.39 Å². The Morgan fingerprint density at radius 2 is 2.05 bits per heavy atom. The summed E-state index contributed by atoms with van der Waals surface area (Å²) >= 11 is 0. The van der Waals surface area contributed by atoms with Crippen molar-refractivity contribution in [1.29, 1.82) is 0 Å². The molecule has 0 heterocycles. The lowest BCUT2D eigenvalue weighted by molar-refractivity contribution is 0.0512. The lowest BCUT2D eigenvalue weighted by Crippen LogP contribution is -2.19. The van der Waals surface area contributed by atoms with E-state index in [4.69, 9.17) is 9.47 Å². The van der Waals surface area contributed by atoms with Crippen molar-refractivity contribution in [2.24, 2.45) is 5.92 Å². The highest BCUT2D eigenvalue weighted by Crippen LogP contribution is 2.27. The van der Waals surface area contributed by atoms with Gasteiger partial charge in [-0.1, -0.05) is 19.4 Å². The lowest BCUT2D eigenvalue weighted by Gasteiger charge is -2.24. The van der Waals surface area contributed by atoms with E-state index in [0.29, 0.717) is 24.5 Å². The molecule has 0 radical (unpaired) electrons. The van der Waals surface area contributed by atoms with Gasteiger partial charge in [0.05, 0.1) is 6.61 Å². The average Bonchev–Trinajstić information content (AvgIpc) is 2.36. The van der Waals surface area contributed by atoms with Gasteiger partial charge < -0.3 is 9.47 Å². The lowest BCUT2D eigenvalue weighted by atomic mass is 9.86. The topological polar surface area (TPSA) is 18.5 Å². The van der Waals surface area contributed by atoms with Crippen LogP contribution in [-0.2, 0) is 11.2 Å². The maximum atomic E-state index is 13.5. The molecule has 0 aliphatic heterocycles. The second-order valence-electron chi connectivity index (χ2n) is 5.23. The van der Waals surface area contributed by atoms with Crippen LogP contribution in [0.25, 0.3) is 0 Å². The van der Waals surface area contributed by atoms with Gasteiger partial charge in [-0.2, -0.15) is 0 Å². The van der Waals surface area contributed by atoms with Crippen LogP contribution >= 0.6 is 0 Å². The molecule has 1 aliphatic carbocycles. The summed E-state index contributed by atoms with van der Waals surface area (Å²) in [4.78, 5) is 0. The highest BCUT2D eigenvalue weighted by Gasteiger charge is 2.17. The van der Waals surface area contributed by atoms with E-state index in [1.54, 1.807) is 13.0 Å². The predicted molar refractivity (Wildman–Crippen MR) is 74.2 cm³/mol. The SMILES string of the molecule is CCc1ccc(F)c(C)c1OCCOCC1CCC1. The van der Waals surface area contributed by atoms with E-state index in [2.05, 4.69) is 0 Å². The van der Waals surface area contributed by atoms with Gasteiger partial charge in [0.25, 0.3) is 0 Å². The van der Waals surface area contributed by atoms with E-state index in [1.807, 2.05) is 6.92 Å². The standard InChI is InChI=1S/C16H23FO2/c1-3-14-7-8-15(17)12(2)16(14)19-10-9-18-11-13-5-4-6-13/h7-8,13H,3-6,9-11H2,1-2H3. The van der Waals surface area contributed by atoms with Crippen LogP contribution in [0.5, 0.6) is 5.75 Å². The Kier molecular flexibility index (Phi) is 5.20. The van der Waals surface area contributed by atoms with Crippen molar-refractivity contribution in [2.45, 2.75) is 39.5 Å². The molecule has 0 saturated heterocycles. The zero-order chi connectivity index (χ0) is 13.7. The summed E-state index contributed by atoms with van der Waals surface area (Å²) in [6.45, 7) is 5.72. The van der Waals surface area contributed by atoms with Gasteiger partial charge in [-0.15, -0.1) is 0 Å². The zero-order valence-corrected chi connectivity index (χ0v) is 11.9. The van der Waals surface area contributed by atoms with Crippen molar-refractivity contribution >= 4 is 0 Å². The molecular formula is C16H23FO2. The Morgan fingerprint density at radius 3 is 2.68 bits per heavy atom. The molecule has 0 aromatic heterocycles. The molecule has 3 heteroatoms. The first-order chi connectivity index (χ1) is 9.22. The van der Waals surface area contributed by atoms with E-state index >= 15 is 0 Å². The van der Waals surface area contributed by atoms with E-state index in [-0.39, 0.29) is 5.82 Å². The minimum atomic E-state index is -0.206. The first kappa shape index (κ1) is 14.3. The van der Waals surface area contributed by atoms with Gasteiger partial charge in [0.1, 0.15) is 18.2 Å². The summed E-state index contributed by atoms with van der Waals surface area (Å²) in [7, 11) is 0. The van der Waals surface area contributed by atoms with Crippen molar-refractivity contribution in [3.05, 3.63) is 29.1 Å². The summed E-state index contributed by atoms with van der Waals surface area (Å²) in [5, 5.41) is 0. The molecule has 1 aromatic rings. The van der Waals surface area contributed by atoms with Crippen molar-refractivity contribution in [3.8, 4) is 5.75 Å². The fourth-order valence-electron chi connectivity index (χ4n) is 2.32. The molecule has 2 rings (SSSR count). The van der Waals surface area contributed by atoms with Gasteiger partial charge >= 0.3 is 0 Å². The van der Waals surface area contributed by atoms with E-state index in [9.17, 15) is 4.39 Å². The molecule has 0 spiro atoms. The zero-order valence-electron chi connectivity index (χ0n) is 11.9. The van der Waals surface area contributed by atoms with E-state index < -0.39 is 0 Å². The van der Waals surface area contributed by atoms with Gasteiger partial charge in [0.15, 0.2) is 0 Å².